The van der Waals surface area contributed by atoms with E-state index in [2.05, 4.69) is 19.2 Å². The molecule has 1 N–H and O–H groups in total. The summed E-state index contributed by atoms with van der Waals surface area (Å²) in [5, 5.41) is 3.55. The van der Waals surface area contributed by atoms with E-state index in [0.29, 0.717) is 5.92 Å². The van der Waals surface area contributed by atoms with Gasteiger partial charge in [-0.05, 0) is 31.7 Å². The van der Waals surface area contributed by atoms with Crippen molar-refractivity contribution in [1.82, 2.24) is 5.32 Å². The number of nitrogens with one attached hydrogen (secondary N) is 1. The lowest BCUT2D eigenvalue weighted by atomic mass is 9.72. The quantitative estimate of drug-likeness (QED) is 0.678. The van der Waals surface area contributed by atoms with Gasteiger partial charge in [0.2, 0.25) is 0 Å². The van der Waals surface area contributed by atoms with E-state index >= 15 is 0 Å². The lowest BCUT2D eigenvalue weighted by molar-refractivity contribution is -0.0546. The molecule has 1 heterocycles. The second kappa shape index (κ2) is 7.25. The molecule has 3 heteroatoms. The standard InChI is InChI=1S/C13H27NO2/c1-4-7-14-10-13(12(2)9-15-3)6-5-8-16-11-13/h12,14H,4-11H2,1-3H3. The Kier molecular flexibility index (Phi) is 6.32. The predicted molar refractivity (Wildman–Crippen MR) is 66.7 cm³/mol. The minimum Gasteiger partial charge on any atom is -0.384 e. The first-order chi connectivity index (χ1) is 7.75. The van der Waals surface area contributed by atoms with Crippen LogP contribution in [0.3, 0.4) is 0 Å². The van der Waals surface area contributed by atoms with Crippen LogP contribution in [0.25, 0.3) is 0 Å². The molecule has 0 saturated carbocycles. The van der Waals surface area contributed by atoms with Gasteiger partial charge < -0.3 is 14.8 Å². The first kappa shape index (κ1) is 13.9. The molecule has 1 fully saturated rings. The van der Waals surface area contributed by atoms with Crippen LogP contribution < -0.4 is 5.32 Å². The highest BCUT2D eigenvalue weighted by Gasteiger charge is 2.37. The van der Waals surface area contributed by atoms with Gasteiger partial charge in [0.25, 0.3) is 0 Å². The van der Waals surface area contributed by atoms with Crippen molar-refractivity contribution in [3.8, 4) is 0 Å². The molecule has 1 rings (SSSR count). The fourth-order valence-corrected chi connectivity index (χ4v) is 2.52. The van der Waals surface area contributed by atoms with E-state index in [1.165, 1.54) is 19.3 Å². The van der Waals surface area contributed by atoms with Crippen molar-refractivity contribution >= 4 is 0 Å². The second-order valence-electron chi connectivity index (χ2n) is 5.05. The molecule has 0 bridgehead atoms. The van der Waals surface area contributed by atoms with E-state index in [4.69, 9.17) is 9.47 Å². The van der Waals surface area contributed by atoms with Gasteiger partial charge >= 0.3 is 0 Å². The van der Waals surface area contributed by atoms with Crippen LogP contribution >= 0.6 is 0 Å². The number of ether oxygens (including phenoxy) is 2. The number of rotatable bonds is 7. The molecule has 3 nitrogen and oxygen atoms in total. The molecule has 1 aliphatic heterocycles. The monoisotopic (exact) mass is 229 g/mol. The summed E-state index contributed by atoms with van der Waals surface area (Å²) in [4.78, 5) is 0. The highest BCUT2D eigenvalue weighted by Crippen LogP contribution is 2.36. The lowest BCUT2D eigenvalue weighted by Gasteiger charge is -2.42. The third kappa shape index (κ3) is 3.72. The lowest BCUT2D eigenvalue weighted by Crippen LogP contribution is -2.47. The first-order valence-corrected chi connectivity index (χ1v) is 6.52. The van der Waals surface area contributed by atoms with E-state index in [0.717, 1.165) is 32.9 Å². The topological polar surface area (TPSA) is 30.5 Å². The fraction of sp³-hybridized carbons (Fsp3) is 1.00. The van der Waals surface area contributed by atoms with Gasteiger partial charge in [-0.25, -0.2) is 0 Å². The molecule has 1 saturated heterocycles. The summed E-state index contributed by atoms with van der Waals surface area (Å²) in [5.41, 5.74) is 0.281. The van der Waals surface area contributed by atoms with Crippen molar-refractivity contribution in [2.24, 2.45) is 11.3 Å². The third-order valence-electron chi connectivity index (χ3n) is 3.72. The zero-order chi connectivity index (χ0) is 11.9. The summed E-state index contributed by atoms with van der Waals surface area (Å²) in [7, 11) is 1.79. The summed E-state index contributed by atoms with van der Waals surface area (Å²) in [6.45, 7) is 9.29. The molecule has 2 atom stereocenters. The van der Waals surface area contributed by atoms with E-state index < -0.39 is 0 Å². The van der Waals surface area contributed by atoms with Gasteiger partial charge in [-0.3, -0.25) is 0 Å². The maximum absolute atomic E-state index is 5.69. The Morgan fingerprint density at radius 3 is 2.88 bits per heavy atom. The minimum absolute atomic E-state index is 0.281. The van der Waals surface area contributed by atoms with Crippen LogP contribution in [0.1, 0.15) is 33.1 Å². The van der Waals surface area contributed by atoms with Crippen molar-refractivity contribution < 1.29 is 9.47 Å². The highest BCUT2D eigenvalue weighted by molar-refractivity contribution is 4.88. The summed E-state index contributed by atoms with van der Waals surface area (Å²) in [5.74, 6) is 0.558. The Morgan fingerprint density at radius 2 is 2.31 bits per heavy atom. The summed E-state index contributed by atoms with van der Waals surface area (Å²) in [6.07, 6.45) is 3.63. The Bertz CT molecular complexity index is 179. The number of methoxy groups -OCH3 is 1. The summed E-state index contributed by atoms with van der Waals surface area (Å²) >= 11 is 0. The van der Waals surface area contributed by atoms with Crippen molar-refractivity contribution in [2.45, 2.75) is 33.1 Å². The molecule has 0 aliphatic carbocycles. The number of hydrogen-bond acceptors (Lipinski definition) is 3. The Morgan fingerprint density at radius 1 is 1.50 bits per heavy atom. The van der Waals surface area contributed by atoms with Crippen LogP contribution in [0.4, 0.5) is 0 Å². The zero-order valence-corrected chi connectivity index (χ0v) is 11.1. The molecule has 0 radical (unpaired) electrons. The summed E-state index contributed by atoms with van der Waals surface area (Å²) < 4.78 is 11.0. The largest absolute Gasteiger partial charge is 0.384 e. The second-order valence-corrected chi connectivity index (χ2v) is 5.05. The Hall–Kier alpha value is -0.120. The maximum Gasteiger partial charge on any atom is 0.0538 e. The van der Waals surface area contributed by atoms with Crippen LogP contribution in [0.5, 0.6) is 0 Å². The van der Waals surface area contributed by atoms with E-state index in [-0.39, 0.29) is 5.41 Å². The molecule has 16 heavy (non-hydrogen) atoms. The molecule has 1 aliphatic rings. The molecular formula is C13H27NO2. The smallest absolute Gasteiger partial charge is 0.0538 e. The van der Waals surface area contributed by atoms with Gasteiger partial charge in [-0.1, -0.05) is 13.8 Å². The van der Waals surface area contributed by atoms with Gasteiger partial charge in [0.15, 0.2) is 0 Å². The van der Waals surface area contributed by atoms with Gasteiger partial charge in [0.05, 0.1) is 6.61 Å². The fourth-order valence-electron chi connectivity index (χ4n) is 2.52. The SMILES string of the molecule is CCCNCC1(C(C)COC)CCCOC1. The van der Waals surface area contributed by atoms with Gasteiger partial charge in [-0.2, -0.15) is 0 Å². The van der Waals surface area contributed by atoms with Crippen LogP contribution in [0.2, 0.25) is 0 Å². The molecule has 0 amide bonds. The van der Waals surface area contributed by atoms with Gasteiger partial charge in [0, 0.05) is 32.3 Å². The van der Waals surface area contributed by atoms with Crippen LogP contribution in [0, 0.1) is 11.3 Å². The van der Waals surface area contributed by atoms with Crippen molar-refractivity contribution in [2.75, 3.05) is 40.0 Å². The average Bonchev–Trinajstić information content (AvgIpc) is 2.31. The van der Waals surface area contributed by atoms with Crippen molar-refractivity contribution in [3.05, 3.63) is 0 Å². The Balaban J connectivity index is 2.52. The highest BCUT2D eigenvalue weighted by atomic mass is 16.5. The van der Waals surface area contributed by atoms with Crippen LogP contribution in [-0.4, -0.2) is 40.0 Å². The van der Waals surface area contributed by atoms with Crippen molar-refractivity contribution in [1.29, 1.82) is 0 Å². The van der Waals surface area contributed by atoms with E-state index in [1.807, 2.05) is 0 Å². The summed E-state index contributed by atoms with van der Waals surface area (Å²) in [6, 6.07) is 0. The molecular weight excluding hydrogens is 202 g/mol. The third-order valence-corrected chi connectivity index (χ3v) is 3.72. The first-order valence-electron chi connectivity index (χ1n) is 6.52. The average molecular weight is 229 g/mol. The molecule has 2 unspecified atom stereocenters. The molecule has 0 aromatic rings. The maximum atomic E-state index is 5.69. The molecule has 0 aromatic carbocycles. The normalized spacial score (nSPS) is 27.9. The zero-order valence-electron chi connectivity index (χ0n) is 11.1. The minimum atomic E-state index is 0.281. The molecule has 0 spiro atoms. The number of hydrogen-bond donors (Lipinski definition) is 1. The van der Waals surface area contributed by atoms with Gasteiger partial charge in [0.1, 0.15) is 0 Å². The van der Waals surface area contributed by atoms with Crippen molar-refractivity contribution in [3.63, 3.8) is 0 Å². The Labute approximate surface area is 99.9 Å². The van der Waals surface area contributed by atoms with Crippen LogP contribution in [-0.2, 0) is 9.47 Å². The predicted octanol–water partition coefficient (Wildman–Crippen LogP) is 2.07. The molecule has 0 aromatic heterocycles. The molecule has 96 valence electrons. The van der Waals surface area contributed by atoms with Gasteiger partial charge in [-0.15, -0.1) is 0 Å². The van der Waals surface area contributed by atoms with E-state index in [1.54, 1.807) is 7.11 Å². The van der Waals surface area contributed by atoms with Crippen LogP contribution in [0.15, 0.2) is 0 Å². The van der Waals surface area contributed by atoms with E-state index in [9.17, 15) is 0 Å².